The SMILES string of the molecule is COc1cccc(CNC(=O)CN2CCN(C(=O)c3cn(Cc4ccccc4)c4ccccc34)CC2)c1. The number of amides is 2. The van der Waals surface area contributed by atoms with Gasteiger partial charge < -0.3 is 19.5 Å². The first-order valence-electron chi connectivity index (χ1n) is 12.6. The van der Waals surface area contributed by atoms with E-state index in [-0.39, 0.29) is 11.8 Å². The second kappa shape index (κ2) is 11.3. The summed E-state index contributed by atoms with van der Waals surface area (Å²) < 4.78 is 7.40. The van der Waals surface area contributed by atoms with Crippen LogP contribution in [0.1, 0.15) is 21.5 Å². The smallest absolute Gasteiger partial charge is 0.256 e. The number of para-hydroxylation sites is 1. The molecule has 2 heterocycles. The number of carbonyl (C=O) groups is 2. The number of carbonyl (C=O) groups excluding carboxylic acids is 2. The van der Waals surface area contributed by atoms with Crippen molar-refractivity contribution in [3.05, 3.63) is 102 Å². The van der Waals surface area contributed by atoms with Crippen molar-refractivity contribution in [3.8, 4) is 5.75 Å². The Morgan fingerprint density at radius 2 is 1.59 bits per heavy atom. The fraction of sp³-hybridized carbons (Fsp3) is 0.267. The van der Waals surface area contributed by atoms with Gasteiger partial charge >= 0.3 is 0 Å². The van der Waals surface area contributed by atoms with Gasteiger partial charge in [0, 0.05) is 56.4 Å². The Morgan fingerprint density at radius 1 is 0.865 bits per heavy atom. The van der Waals surface area contributed by atoms with Gasteiger partial charge in [-0.25, -0.2) is 0 Å². The van der Waals surface area contributed by atoms with E-state index in [9.17, 15) is 9.59 Å². The molecule has 0 radical (unpaired) electrons. The minimum Gasteiger partial charge on any atom is -0.497 e. The van der Waals surface area contributed by atoms with E-state index < -0.39 is 0 Å². The molecule has 0 spiro atoms. The van der Waals surface area contributed by atoms with Gasteiger partial charge in [0.05, 0.1) is 19.2 Å². The predicted molar refractivity (Wildman–Crippen MR) is 145 cm³/mol. The first kappa shape index (κ1) is 24.6. The monoisotopic (exact) mass is 496 g/mol. The van der Waals surface area contributed by atoms with Crippen molar-refractivity contribution in [1.29, 1.82) is 0 Å². The lowest BCUT2D eigenvalue weighted by atomic mass is 10.1. The van der Waals surface area contributed by atoms with Gasteiger partial charge in [-0.2, -0.15) is 0 Å². The average molecular weight is 497 g/mol. The summed E-state index contributed by atoms with van der Waals surface area (Å²) >= 11 is 0. The molecule has 1 fully saturated rings. The van der Waals surface area contributed by atoms with E-state index in [0.29, 0.717) is 45.8 Å². The van der Waals surface area contributed by atoms with E-state index >= 15 is 0 Å². The van der Waals surface area contributed by atoms with Crippen molar-refractivity contribution in [2.24, 2.45) is 0 Å². The second-order valence-corrected chi connectivity index (χ2v) is 9.37. The van der Waals surface area contributed by atoms with Gasteiger partial charge in [-0.1, -0.05) is 60.7 Å². The predicted octanol–water partition coefficient (Wildman–Crippen LogP) is 3.77. The fourth-order valence-corrected chi connectivity index (χ4v) is 4.85. The molecule has 3 aromatic carbocycles. The summed E-state index contributed by atoms with van der Waals surface area (Å²) in [5, 5.41) is 3.96. The number of methoxy groups -OCH3 is 1. The number of hydrogen-bond acceptors (Lipinski definition) is 4. The van der Waals surface area contributed by atoms with Crippen LogP contribution in [0.4, 0.5) is 0 Å². The van der Waals surface area contributed by atoms with E-state index in [2.05, 4.69) is 33.0 Å². The number of rotatable bonds is 8. The highest BCUT2D eigenvalue weighted by Crippen LogP contribution is 2.24. The van der Waals surface area contributed by atoms with Crippen LogP contribution in [-0.2, 0) is 17.9 Å². The Morgan fingerprint density at radius 3 is 2.38 bits per heavy atom. The van der Waals surface area contributed by atoms with Crippen molar-refractivity contribution >= 4 is 22.7 Å². The van der Waals surface area contributed by atoms with Crippen LogP contribution >= 0.6 is 0 Å². The Balaban J connectivity index is 1.18. The van der Waals surface area contributed by atoms with E-state index in [1.54, 1.807) is 7.11 Å². The van der Waals surface area contributed by atoms with Crippen molar-refractivity contribution in [2.75, 3.05) is 39.8 Å². The number of fused-ring (bicyclic) bond motifs is 1. The Bertz CT molecular complexity index is 1370. The molecule has 7 nitrogen and oxygen atoms in total. The maximum Gasteiger partial charge on any atom is 0.256 e. The normalized spacial score (nSPS) is 14.0. The molecule has 1 aromatic heterocycles. The highest BCUT2D eigenvalue weighted by atomic mass is 16.5. The lowest BCUT2D eigenvalue weighted by Gasteiger charge is -2.34. The molecule has 7 heteroatoms. The van der Waals surface area contributed by atoms with Crippen LogP contribution < -0.4 is 10.1 Å². The summed E-state index contributed by atoms with van der Waals surface area (Å²) in [5.41, 5.74) is 3.98. The molecule has 1 aliphatic rings. The van der Waals surface area contributed by atoms with Gasteiger partial charge in [0.2, 0.25) is 5.91 Å². The van der Waals surface area contributed by atoms with Gasteiger partial charge in [0.25, 0.3) is 5.91 Å². The molecule has 0 aliphatic carbocycles. The van der Waals surface area contributed by atoms with Gasteiger partial charge in [0.1, 0.15) is 5.75 Å². The highest BCUT2D eigenvalue weighted by molar-refractivity contribution is 6.07. The molecular formula is C30H32N4O3. The standard InChI is InChI=1S/C30H32N4O3/c1-37-25-11-7-10-24(18-25)19-31-29(35)22-32-14-16-33(17-15-32)30(36)27-21-34(20-23-8-3-2-4-9-23)28-13-6-5-12-26(27)28/h2-13,18,21H,14-17,19-20,22H2,1H3,(H,31,35). The zero-order valence-electron chi connectivity index (χ0n) is 21.1. The molecule has 5 rings (SSSR count). The maximum absolute atomic E-state index is 13.5. The number of ether oxygens (including phenoxy) is 1. The molecule has 190 valence electrons. The van der Waals surface area contributed by atoms with Crippen LogP contribution in [0, 0.1) is 0 Å². The summed E-state index contributed by atoms with van der Waals surface area (Å²) in [5.74, 6) is 0.799. The summed E-state index contributed by atoms with van der Waals surface area (Å²) in [6.45, 7) is 4.03. The molecule has 0 saturated carbocycles. The first-order chi connectivity index (χ1) is 18.1. The maximum atomic E-state index is 13.5. The van der Waals surface area contributed by atoms with Gasteiger partial charge in [-0.05, 0) is 29.3 Å². The number of hydrogen-bond donors (Lipinski definition) is 1. The molecule has 0 atom stereocenters. The lowest BCUT2D eigenvalue weighted by Crippen LogP contribution is -2.51. The molecule has 4 aromatic rings. The van der Waals surface area contributed by atoms with E-state index in [4.69, 9.17) is 4.74 Å². The summed E-state index contributed by atoms with van der Waals surface area (Å²) in [6, 6.07) is 26.0. The van der Waals surface area contributed by atoms with Crippen molar-refractivity contribution in [1.82, 2.24) is 19.7 Å². The third-order valence-corrected chi connectivity index (χ3v) is 6.87. The number of nitrogens with one attached hydrogen (secondary N) is 1. The Kier molecular flexibility index (Phi) is 7.51. The third-order valence-electron chi connectivity index (χ3n) is 6.87. The molecule has 0 bridgehead atoms. The van der Waals surface area contributed by atoms with Crippen LogP contribution in [0.15, 0.2) is 85.1 Å². The van der Waals surface area contributed by atoms with Gasteiger partial charge in [-0.3, -0.25) is 14.5 Å². The number of piperazine rings is 1. The van der Waals surface area contributed by atoms with Gasteiger partial charge in [-0.15, -0.1) is 0 Å². The molecule has 1 N–H and O–H groups in total. The van der Waals surface area contributed by atoms with Crippen molar-refractivity contribution < 1.29 is 14.3 Å². The fourth-order valence-electron chi connectivity index (χ4n) is 4.85. The molecule has 37 heavy (non-hydrogen) atoms. The van der Waals surface area contributed by atoms with E-state index in [0.717, 1.165) is 27.8 Å². The van der Waals surface area contributed by atoms with E-state index in [1.165, 1.54) is 5.56 Å². The summed E-state index contributed by atoms with van der Waals surface area (Å²) in [6.07, 6.45) is 1.98. The summed E-state index contributed by atoms with van der Waals surface area (Å²) in [4.78, 5) is 30.0. The quantitative estimate of drug-likeness (QED) is 0.403. The largest absolute Gasteiger partial charge is 0.497 e. The van der Waals surface area contributed by atoms with Crippen LogP contribution in [-0.4, -0.2) is 66.0 Å². The number of nitrogens with zero attached hydrogens (tertiary/aromatic N) is 3. The minimum atomic E-state index is -0.0217. The zero-order valence-corrected chi connectivity index (χ0v) is 21.1. The molecule has 0 unspecified atom stereocenters. The van der Waals surface area contributed by atoms with Crippen LogP contribution in [0.2, 0.25) is 0 Å². The summed E-state index contributed by atoms with van der Waals surface area (Å²) in [7, 11) is 1.63. The van der Waals surface area contributed by atoms with Crippen molar-refractivity contribution in [3.63, 3.8) is 0 Å². The second-order valence-electron chi connectivity index (χ2n) is 9.37. The Labute approximate surface area is 217 Å². The molecule has 2 amide bonds. The van der Waals surface area contributed by atoms with E-state index in [1.807, 2.05) is 71.8 Å². The molecular weight excluding hydrogens is 464 g/mol. The van der Waals surface area contributed by atoms with Crippen LogP contribution in [0.3, 0.4) is 0 Å². The highest BCUT2D eigenvalue weighted by Gasteiger charge is 2.25. The van der Waals surface area contributed by atoms with Gasteiger partial charge in [0.15, 0.2) is 0 Å². The van der Waals surface area contributed by atoms with Crippen molar-refractivity contribution in [2.45, 2.75) is 13.1 Å². The van der Waals surface area contributed by atoms with Crippen LogP contribution in [0.25, 0.3) is 10.9 Å². The lowest BCUT2D eigenvalue weighted by molar-refractivity contribution is -0.122. The van der Waals surface area contributed by atoms with Crippen LogP contribution in [0.5, 0.6) is 5.75 Å². The third kappa shape index (κ3) is 5.84. The topological polar surface area (TPSA) is 66.8 Å². The first-order valence-corrected chi connectivity index (χ1v) is 12.6. The Hall–Kier alpha value is -4.10. The number of aromatic nitrogens is 1. The average Bonchev–Trinajstić information content (AvgIpc) is 3.31. The minimum absolute atomic E-state index is 0.0217. The molecule has 1 saturated heterocycles. The zero-order chi connectivity index (χ0) is 25.6. The molecule has 1 aliphatic heterocycles. The number of benzene rings is 3.